The molecule has 0 aliphatic carbocycles. The van der Waals surface area contributed by atoms with Crippen LogP contribution in [0.5, 0.6) is 0 Å². The number of benzene rings is 1. The zero-order valence-corrected chi connectivity index (χ0v) is 11.7. The summed E-state index contributed by atoms with van der Waals surface area (Å²) in [6.45, 7) is 0.662. The molecule has 0 spiro atoms. The van der Waals surface area contributed by atoms with Crippen molar-refractivity contribution in [1.82, 2.24) is 4.73 Å². The van der Waals surface area contributed by atoms with Crippen molar-refractivity contribution in [3.63, 3.8) is 0 Å². The lowest BCUT2D eigenvalue weighted by Crippen LogP contribution is -2.31. The van der Waals surface area contributed by atoms with Crippen LogP contribution in [0.15, 0.2) is 53.3 Å². The molecule has 0 amide bonds. The Morgan fingerprint density at radius 1 is 1.10 bits per heavy atom. The first kappa shape index (κ1) is 15.0. The maximum Gasteiger partial charge on any atom is 0.283 e. The van der Waals surface area contributed by atoms with E-state index in [1.807, 2.05) is 30.3 Å². The average Bonchev–Trinajstić information content (AvgIpc) is 2.52. The molecule has 5 nitrogen and oxygen atoms in total. The molecular formula is C16H18N2O3. The maximum absolute atomic E-state index is 12.1. The second kappa shape index (κ2) is 7.40. The van der Waals surface area contributed by atoms with Gasteiger partial charge in [-0.05, 0) is 24.6 Å². The number of rotatable bonds is 7. The molecule has 0 unspecified atom stereocenters. The van der Waals surface area contributed by atoms with Crippen LogP contribution in [0.3, 0.4) is 0 Å². The molecule has 1 aromatic carbocycles. The SMILES string of the molecule is NCCCC(=O)c1cccc(=O)n1OCc1ccccc1. The Kier molecular flexibility index (Phi) is 5.29. The van der Waals surface area contributed by atoms with Gasteiger partial charge in [0.05, 0.1) is 0 Å². The van der Waals surface area contributed by atoms with Crippen LogP contribution >= 0.6 is 0 Å². The van der Waals surface area contributed by atoms with Crippen LogP contribution in [-0.2, 0) is 6.61 Å². The van der Waals surface area contributed by atoms with Crippen molar-refractivity contribution in [3.05, 3.63) is 70.1 Å². The Bertz CT molecular complexity index is 650. The van der Waals surface area contributed by atoms with Crippen LogP contribution in [0.4, 0.5) is 0 Å². The minimum Gasteiger partial charge on any atom is -0.405 e. The van der Waals surface area contributed by atoms with E-state index in [9.17, 15) is 9.59 Å². The Labute approximate surface area is 122 Å². The molecule has 0 aliphatic heterocycles. The molecule has 0 saturated carbocycles. The normalized spacial score (nSPS) is 10.3. The summed E-state index contributed by atoms with van der Waals surface area (Å²) < 4.78 is 1.06. The number of Topliss-reactive ketones (excluding diaryl/α,β-unsaturated/α-hetero) is 1. The number of nitrogens with two attached hydrogens (primary N) is 1. The third-order valence-electron chi connectivity index (χ3n) is 3.01. The van der Waals surface area contributed by atoms with Crippen LogP contribution in [0.2, 0.25) is 0 Å². The third-order valence-corrected chi connectivity index (χ3v) is 3.01. The zero-order valence-electron chi connectivity index (χ0n) is 11.7. The van der Waals surface area contributed by atoms with E-state index in [2.05, 4.69) is 0 Å². The predicted molar refractivity (Wildman–Crippen MR) is 80.0 cm³/mol. The first-order valence-corrected chi connectivity index (χ1v) is 6.85. The molecule has 5 heteroatoms. The summed E-state index contributed by atoms with van der Waals surface area (Å²) in [4.78, 5) is 29.5. The van der Waals surface area contributed by atoms with Gasteiger partial charge in [-0.15, -0.1) is 4.73 Å². The average molecular weight is 286 g/mol. The van der Waals surface area contributed by atoms with Crippen molar-refractivity contribution in [3.8, 4) is 0 Å². The van der Waals surface area contributed by atoms with E-state index >= 15 is 0 Å². The van der Waals surface area contributed by atoms with E-state index in [1.165, 1.54) is 6.07 Å². The molecule has 0 bridgehead atoms. The van der Waals surface area contributed by atoms with Gasteiger partial charge >= 0.3 is 0 Å². The number of carbonyl (C=O) groups is 1. The van der Waals surface area contributed by atoms with E-state index in [4.69, 9.17) is 10.6 Å². The van der Waals surface area contributed by atoms with Crippen molar-refractivity contribution in [2.24, 2.45) is 5.73 Å². The van der Waals surface area contributed by atoms with Gasteiger partial charge in [0.15, 0.2) is 5.78 Å². The molecule has 2 aromatic rings. The Morgan fingerprint density at radius 3 is 2.57 bits per heavy atom. The minimum atomic E-state index is -0.357. The molecule has 0 atom stereocenters. The molecule has 0 saturated heterocycles. The van der Waals surface area contributed by atoms with Crippen molar-refractivity contribution in [1.29, 1.82) is 0 Å². The van der Waals surface area contributed by atoms with Crippen molar-refractivity contribution in [2.75, 3.05) is 6.54 Å². The van der Waals surface area contributed by atoms with E-state index < -0.39 is 0 Å². The largest absolute Gasteiger partial charge is 0.405 e. The van der Waals surface area contributed by atoms with Crippen molar-refractivity contribution >= 4 is 5.78 Å². The van der Waals surface area contributed by atoms with Gasteiger partial charge in [-0.25, -0.2) is 0 Å². The predicted octanol–water partition coefficient (Wildman–Crippen LogP) is 1.40. The minimum absolute atomic E-state index is 0.147. The number of hydrogen-bond acceptors (Lipinski definition) is 4. The number of hydrogen-bond donors (Lipinski definition) is 1. The van der Waals surface area contributed by atoms with Crippen molar-refractivity contribution in [2.45, 2.75) is 19.4 Å². The second-order valence-electron chi connectivity index (χ2n) is 4.62. The molecule has 21 heavy (non-hydrogen) atoms. The highest BCUT2D eigenvalue weighted by Crippen LogP contribution is 2.04. The van der Waals surface area contributed by atoms with E-state index in [0.717, 1.165) is 10.3 Å². The Balaban J connectivity index is 2.18. The zero-order chi connectivity index (χ0) is 15.1. The first-order valence-electron chi connectivity index (χ1n) is 6.85. The summed E-state index contributed by atoms with van der Waals surface area (Å²) in [7, 11) is 0. The van der Waals surface area contributed by atoms with Crippen LogP contribution in [0.1, 0.15) is 28.9 Å². The van der Waals surface area contributed by atoms with Gasteiger partial charge < -0.3 is 10.6 Å². The molecule has 0 fully saturated rings. The lowest BCUT2D eigenvalue weighted by Gasteiger charge is -2.12. The van der Waals surface area contributed by atoms with E-state index in [0.29, 0.717) is 19.4 Å². The molecule has 0 radical (unpaired) electrons. The maximum atomic E-state index is 12.1. The lowest BCUT2D eigenvalue weighted by molar-refractivity contribution is 0.0726. The van der Waals surface area contributed by atoms with E-state index in [-0.39, 0.29) is 23.6 Å². The van der Waals surface area contributed by atoms with Gasteiger partial charge in [0.25, 0.3) is 5.56 Å². The van der Waals surface area contributed by atoms with Gasteiger partial charge in [-0.3, -0.25) is 9.59 Å². The molecular weight excluding hydrogens is 268 g/mol. The van der Waals surface area contributed by atoms with Crippen molar-refractivity contribution < 1.29 is 9.63 Å². The van der Waals surface area contributed by atoms with Crippen LogP contribution in [-0.4, -0.2) is 17.1 Å². The molecule has 2 rings (SSSR count). The highest BCUT2D eigenvalue weighted by molar-refractivity contribution is 5.94. The fraction of sp³-hybridized carbons (Fsp3) is 0.250. The fourth-order valence-electron chi connectivity index (χ4n) is 1.92. The lowest BCUT2D eigenvalue weighted by atomic mass is 10.1. The highest BCUT2D eigenvalue weighted by atomic mass is 16.7. The molecule has 110 valence electrons. The summed E-state index contributed by atoms with van der Waals surface area (Å²) >= 11 is 0. The first-order chi connectivity index (χ1) is 10.2. The monoisotopic (exact) mass is 286 g/mol. The summed E-state index contributed by atoms with van der Waals surface area (Å²) in [6, 6.07) is 14.0. The standard InChI is InChI=1S/C16H18N2O3/c17-11-5-9-15(19)14-8-4-10-16(20)18(14)21-12-13-6-2-1-3-7-13/h1-4,6-8,10H,5,9,11-12,17H2. The quantitative estimate of drug-likeness (QED) is 0.781. The molecule has 0 aliphatic rings. The van der Waals surface area contributed by atoms with Gasteiger partial charge in [-0.2, -0.15) is 0 Å². The van der Waals surface area contributed by atoms with Crippen LogP contribution in [0.25, 0.3) is 0 Å². The molecule has 2 N–H and O–H groups in total. The highest BCUT2D eigenvalue weighted by Gasteiger charge is 2.12. The second-order valence-corrected chi connectivity index (χ2v) is 4.62. The summed E-state index contributed by atoms with van der Waals surface area (Å²) in [5, 5.41) is 0. The smallest absolute Gasteiger partial charge is 0.283 e. The molecule has 1 heterocycles. The van der Waals surface area contributed by atoms with Gasteiger partial charge in [0, 0.05) is 12.5 Å². The summed E-state index contributed by atoms with van der Waals surface area (Å²) in [5.41, 5.74) is 6.23. The third kappa shape index (κ3) is 4.03. The van der Waals surface area contributed by atoms with Gasteiger partial charge in [0.2, 0.25) is 0 Å². The Morgan fingerprint density at radius 2 is 1.86 bits per heavy atom. The van der Waals surface area contributed by atoms with Crippen LogP contribution < -0.4 is 16.1 Å². The number of nitrogens with zero attached hydrogens (tertiary/aromatic N) is 1. The van der Waals surface area contributed by atoms with E-state index in [1.54, 1.807) is 12.1 Å². The number of ketones is 1. The molecule has 1 aromatic heterocycles. The number of pyridine rings is 1. The van der Waals surface area contributed by atoms with Gasteiger partial charge in [0.1, 0.15) is 12.3 Å². The Hall–Kier alpha value is -2.40. The summed E-state index contributed by atoms with van der Waals surface area (Å²) in [5.74, 6) is -0.147. The van der Waals surface area contributed by atoms with Crippen LogP contribution in [0, 0.1) is 0 Å². The van der Waals surface area contributed by atoms with Gasteiger partial charge in [-0.1, -0.05) is 36.4 Å². The number of aromatic nitrogens is 1. The number of carbonyl (C=O) groups excluding carboxylic acids is 1. The fourth-order valence-corrected chi connectivity index (χ4v) is 1.92. The summed E-state index contributed by atoms with van der Waals surface area (Å²) in [6.07, 6.45) is 0.884. The topological polar surface area (TPSA) is 74.3 Å².